The van der Waals surface area contributed by atoms with Gasteiger partial charge in [-0.25, -0.2) is 9.97 Å². The van der Waals surface area contributed by atoms with E-state index in [9.17, 15) is 4.79 Å². The molecule has 0 aliphatic rings. The van der Waals surface area contributed by atoms with Crippen molar-refractivity contribution >= 4 is 29.4 Å². The first-order valence-electron chi connectivity index (χ1n) is 10.4. The summed E-state index contributed by atoms with van der Waals surface area (Å²) in [6.45, 7) is 4.31. The van der Waals surface area contributed by atoms with Crippen LogP contribution in [0.3, 0.4) is 0 Å². The highest BCUT2D eigenvalue weighted by atomic mass is 32.2. The third-order valence-corrected chi connectivity index (χ3v) is 5.77. The highest BCUT2D eigenvalue weighted by Crippen LogP contribution is 2.31. The average Bonchev–Trinajstić information content (AvgIpc) is 3.29. The maximum absolute atomic E-state index is 11.9. The molecule has 0 saturated carbocycles. The van der Waals surface area contributed by atoms with Gasteiger partial charge >= 0.3 is 0 Å². The summed E-state index contributed by atoms with van der Waals surface area (Å²) < 4.78 is 5.51. The number of rotatable bonds is 6. The summed E-state index contributed by atoms with van der Waals surface area (Å²) in [4.78, 5) is 22.1. The van der Waals surface area contributed by atoms with Crippen LogP contribution in [0.25, 0.3) is 34.0 Å². The molecule has 0 bridgehead atoms. The minimum Gasteiger partial charge on any atom is -0.382 e. The molecule has 0 fully saturated rings. The smallest absolute Gasteiger partial charge is 0.257 e. The van der Waals surface area contributed by atoms with E-state index in [1.165, 1.54) is 4.90 Å². The monoisotopic (exact) mass is 473 g/mol. The summed E-state index contributed by atoms with van der Waals surface area (Å²) in [7, 11) is 0. The van der Waals surface area contributed by atoms with Crippen molar-refractivity contribution in [3.63, 3.8) is 0 Å². The molecule has 0 aliphatic carbocycles. The van der Waals surface area contributed by atoms with Crippen molar-refractivity contribution in [1.29, 1.82) is 5.41 Å². The van der Waals surface area contributed by atoms with Crippen LogP contribution in [0, 0.1) is 5.41 Å². The number of nitrogens with one attached hydrogen (secondary N) is 2. The van der Waals surface area contributed by atoms with E-state index in [0.717, 1.165) is 11.1 Å². The highest BCUT2D eigenvalue weighted by Gasteiger charge is 2.16. The van der Waals surface area contributed by atoms with Crippen LogP contribution in [-0.4, -0.2) is 32.2 Å². The quantitative estimate of drug-likeness (QED) is 0.185. The minimum absolute atomic E-state index is 0.231. The summed E-state index contributed by atoms with van der Waals surface area (Å²) in [5, 5.41) is 14.0. The summed E-state index contributed by atoms with van der Waals surface area (Å²) in [5.74, 6) is -0.265. The maximum Gasteiger partial charge on any atom is 0.257 e. The number of nitrogen functional groups attached to an aromatic ring is 1. The van der Waals surface area contributed by atoms with E-state index in [1.54, 1.807) is 48.3 Å². The van der Waals surface area contributed by atoms with Gasteiger partial charge in [-0.2, -0.15) is 0 Å². The Morgan fingerprint density at radius 3 is 2.35 bits per heavy atom. The topological polar surface area (TPSA) is 157 Å². The number of carbonyl (C=O) groups is 1. The third kappa shape index (κ3) is 5.24. The first kappa shape index (κ1) is 23.0. The van der Waals surface area contributed by atoms with Gasteiger partial charge in [0.25, 0.3) is 5.91 Å². The van der Waals surface area contributed by atoms with E-state index < -0.39 is 11.9 Å². The molecule has 0 aliphatic heterocycles. The van der Waals surface area contributed by atoms with Crippen molar-refractivity contribution < 1.29 is 9.32 Å². The van der Waals surface area contributed by atoms with Crippen molar-refractivity contribution in [1.82, 2.24) is 20.4 Å². The maximum atomic E-state index is 11.9. The number of nitrogens with zero attached hydrogens (tertiary/aromatic N) is 3. The molecule has 2 aromatic carbocycles. The second-order valence-electron chi connectivity index (χ2n) is 7.70. The molecule has 4 aromatic rings. The lowest BCUT2D eigenvalue weighted by atomic mass is 10.1. The molecule has 6 N–H and O–H groups in total. The Bertz CT molecular complexity index is 1330. The summed E-state index contributed by atoms with van der Waals surface area (Å²) in [6.07, 6.45) is 1.63. The number of hydrogen-bond donors (Lipinski definition) is 4. The van der Waals surface area contributed by atoms with Crippen LogP contribution in [0.5, 0.6) is 0 Å². The van der Waals surface area contributed by atoms with Gasteiger partial charge in [-0.1, -0.05) is 43.3 Å². The van der Waals surface area contributed by atoms with Crippen LogP contribution in [0.4, 0.5) is 5.82 Å². The van der Waals surface area contributed by atoms with Crippen LogP contribution in [0.1, 0.15) is 24.2 Å². The lowest BCUT2D eigenvalue weighted by molar-refractivity contribution is 0.0976. The summed E-state index contributed by atoms with van der Waals surface area (Å²) >= 11 is 1.79. The number of nitrogens with two attached hydrogens (primary N) is 2. The Morgan fingerprint density at radius 2 is 1.71 bits per heavy atom. The molecule has 4 rings (SSSR count). The van der Waals surface area contributed by atoms with Gasteiger partial charge in [-0.15, -0.1) is 11.8 Å². The number of thioether (sulfide) groups is 1. The number of carbonyl (C=O) groups excluding carboxylic acids is 1. The van der Waals surface area contributed by atoms with Gasteiger partial charge < -0.3 is 16.0 Å². The van der Waals surface area contributed by atoms with Crippen LogP contribution >= 0.6 is 11.8 Å². The van der Waals surface area contributed by atoms with Gasteiger partial charge in [0.15, 0.2) is 23.2 Å². The fourth-order valence-electron chi connectivity index (χ4n) is 3.20. The Hall–Kier alpha value is -4.18. The Morgan fingerprint density at radius 1 is 1.06 bits per heavy atom. The van der Waals surface area contributed by atoms with Crippen LogP contribution in [0.2, 0.25) is 0 Å². The molecule has 0 spiro atoms. The first-order valence-corrected chi connectivity index (χ1v) is 11.3. The van der Waals surface area contributed by atoms with E-state index in [-0.39, 0.29) is 5.82 Å². The molecular weight excluding hydrogens is 450 g/mol. The van der Waals surface area contributed by atoms with E-state index in [2.05, 4.69) is 46.4 Å². The van der Waals surface area contributed by atoms with Crippen LogP contribution < -0.4 is 16.8 Å². The van der Waals surface area contributed by atoms with Gasteiger partial charge in [-0.05, 0) is 24.3 Å². The van der Waals surface area contributed by atoms with Gasteiger partial charge in [0.1, 0.15) is 5.69 Å². The van der Waals surface area contributed by atoms with Crippen molar-refractivity contribution in [2.75, 3.05) is 5.73 Å². The van der Waals surface area contributed by atoms with Crippen molar-refractivity contribution in [2.45, 2.75) is 24.0 Å². The number of guanidine groups is 1. The summed E-state index contributed by atoms with van der Waals surface area (Å²) in [5.41, 5.74) is 14.9. The number of hydrogen-bond acceptors (Lipinski definition) is 8. The molecule has 2 heterocycles. The van der Waals surface area contributed by atoms with Crippen molar-refractivity contribution in [2.24, 2.45) is 5.73 Å². The molecule has 9 nitrogen and oxygen atoms in total. The molecule has 34 heavy (non-hydrogen) atoms. The Balaban J connectivity index is 1.57. The minimum atomic E-state index is -0.462. The fourth-order valence-corrected chi connectivity index (χ4v) is 4.04. The standard InChI is InChI=1S/C24H23N7O2S/c1-13(2)34-17-9-7-15(8-10-17)19-12-28-22(25)21(29-19)20-11-18(31-33-20)14-3-5-16(6-4-14)23(32)30-24(26)27/h3-13H,1-2H3,(H2,25,28)(H4,26,27,30,32). The fraction of sp³-hybridized carbons (Fsp3) is 0.125. The largest absolute Gasteiger partial charge is 0.382 e. The first-order chi connectivity index (χ1) is 16.3. The second-order valence-corrected chi connectivity index (χ2v) is 9.35. The predicted octanol–water partition coefficient (Wildman–Crippen LogP) is 4.17. The Labute approximate surface area is 200 Å². The number of benzene rings is 2. The molecule has 1 amide bonds. The third-order valence-electron chi connectivity index (χ3n) is 4.76. The molecule has 0 saturated heterocycles. The zero-order chi connectivity index (χ0) is 24.2. The molecule has 0 unspecified atom stereocenters. The zero-order valence-corrected chi connectivity index (χ0v) is 19.4. The van der Waals surface area contributed by atoms with Crippen molar-refractivity contribution in [3.05, 3.63) is 66.4 Å². The van der Waals surface area contributed by atoms with E-state index >= 15 is 0 Å². The molecule has 172 valence electrons. The number of aromatic nitrogens is 3. The molecular formula is C24H23N7O2S. The van der Waals surface area contributed by atoms with Gasteiger partial charge in [0, 0.05) is 32.9 Å². The average molecular weight is 474 g/mol. The number of amides is 1. The lowest BCUT2D eigenvalue weighted by Gasteiger charge is -2.07. The van der Waals surface area contributed by atoms with Gasteiger partial charge in [0.05, 0.1) is 11.9 Å². The Kier molecular flexibility index (Phi) is 6.60. The number of anilines is 1. The molecule has 0 atom stereocenters. The second kappa shape index (κ2) is 9.75. The van der Waals surface area contributed by atoms with E-state index in [1.807, 2.05) is 12.1 Å². The SMILES string of the molecule is CC(C)Sc1ccc(-c2cnc(N)c(-c3cc(-c4ccc(C(=O)NC(=N)N)cc4)no3)n2)cc1. The van der Waals surface area contributed by atoms with E-state index in [4.69, 9.17) is 21.4 Å². The normalized spacial score (nSPS) is 10.9. The predicted molar refractivity (Wildman–Crippen MR) is 133 cm³/mol. The lowest BCUT2D eigenvalue weighted by Crippen LogP contribution is -2.35. The van der Waals surface area contributed by atoms with Gasteiger partial charge in [-0.3, -0.25) is 15.5 Å². The molecule has 10 heteroatoms. The molecule has 0 radical (unpaired) electrons. The van der Waals surface area contributed by atoms with E-state index in [0.29, 0.717) is 33.7 Å². The van der Waals surface area contributed by atoms with Gasteiger partial charge in [0.2, 0.25) is 0 Å². The zero-order valence-electron chi connectivity index (χ0n) is 18.6. The van der Waals surface area contributed by atoms with Crippen molar-refractivity contribution in [3.8, 4) is 34.0 Å². The van der Waals surface area contributed by atoms with Crippen LogP contribution in [0.15, 0.2) is 70.2 Å². The summed E-state index contributed by atoms with van der Waals surface area (Å²) in [6, 6.07) is 16.5. The highest BCUT2D eigenvalue weighted by molar-refractivity contribution is 7.99. The van der Waals surface area contributed by atoms with Crippen LogP contribution in [-0.2, 0) is 0 Å². The molecule has 2 aromatic heterocycles.